The van der Waals surface area contributed by atoms with Crippen molar-refractivity contribution in [3.8, 4) is 18.4 Å². The lowest BCUT2D eigenvalue weighted by atomic mass is 9.97. The van der Waals surface area contributed by atoms with E-state index in [1.54, 1.807) is 17.2 Å². The van der Waals surface area contributed by atoms with Crippen LogP contribution in [0.3, 0.4) is 0 Å². The highest BCUT2D eigenvalue weighted by Gasteiger charge is 2.45. The van der Waals surface area contributed by atoms with E-state index >= 15 is 4.39 Å². The predicted molar refractivity (Wildman–Crippen MR) is 177 cm³/mol. The molecule has 1 atom stereocenters. The standard InChI is InChI=1S/C35H39F2N7O4/c1-3-25-27(36)8-7-23-6-5-11-44(31(23)25)33-29(37)30-26(18-38-33)32(43-14-17-47-20-24(19-43)39-28(45)4-2)41-34(40-30)48-22-35(9-10-35)21-42-12-15-46-16-13-42/h1,4,7-8,18,24H,2,5-6,9-17,19-22H2,(H,39,45)/t24-/m0/s1. The number of benzene rings is 1. The van der Waals surface area contributed by atoms with Crippen LogP contribution in [0.4, 0.5) is 26.1 Å². The van der Waals surface area contributed by atoms with Crippen molar-refractivity contribution >= 4 is 34.1 Å². The minimum absolute atomic E-state index is 0.00227. The first-order chi connectivity index (χ1) is 23.4. The third-order valence-corrected chi connectivity index (χ3v) is 9.56. The fraction of sp³-hybridized carbons (Fsp3) is 0.486. The lowest BCUT2D eigenvalue weighted by molar-refractivity contribution is -0.117. The zero-order chi connectivity index (χ0) is 33.3. The number of carbonyl (C=O) groups is 1. The highest BCUT2D eigenvalue weighted by atomic mass is 19.1. The molecule has 48 heavy (non-hydrogen) atoms. The SMILES string of the molecule is C#Cc1c(F)ccc2c1N(c1ncc3c(N4CCOC[C@@H](NC(=O)C=C)C4)nc(OCC4(CN5CCOCC5)CC4)nc3c1F)CCC2. The zero-order valence-electron chi connectivity index (χ0n) is 26.9. The molecular weight excluding hydrogens is 620 g/mol. The van der Waals surface area contributed by atoms with E-state index in [1.165, 1.54) is 12.1 Å². The van der Waals surface area contributed by atoms with E-state index in [0.29, 0.717) is 82.4 Å². The summed E-state index contributed by atoms with van der Waals surface area (Å²) in [5.74, 6) is 1.33. The number of amides is 1. The normalized spacial score (nSPS) is 20.8. The second-order valence-corrected chi connectivity index (χ2v) is 12.9. The minimum Gasteiger partial charge on any atom is -0.463 e. The number of rotatable bonds is 9. The number of nitrogens with zero attached hydrogens (tertiary/aromatic N) is 6. The van der Waals surface area contributed by atoms with Crippen molar-refractivity contribution in [2.75, 3.05) is 82.1 Å². The first-order valence-corrected chi connectivity index (χ1v) is 16.5. The maximum absolute atomic E-state index is 16.9. The average molecular weight is 660 g/mol. The Morgan fingerprint density at radius 2 is 1.96 bits per heavy atom. The Hall–Kier alpha value is -4.38. The number of anilines is 3. The molecule has 0 unspecified atom stereocenters. The third kappa shape index (κ3) is 6.52. The average Bonchev–Trinajstić information content (AvgIpc) is 3.91. The van der Waals surface area contributed by atoms with Gasteiger partial charge in [-0.2, -0.15) is 9.97 Å². The number of nitrogens with one attached hydrogen (secondary N) is 1. The molecular formula is C35H39F2N7O4. The number of terminal acetylenes is 1. The van der Waals surface area contributed by atoms with Crippen LogP contribution in [0.15, 0.2) is 31.0 Å². The molecule has 0 spiro atoms. The maximum atomic E-state index is 16.9. The molecule has 0 bridgehead atoms. The van der Waals surface area contributed by atoms with Crippen molar-refractivity contribution in [1.29, 1.82) is 0 Å². The van der Waals surface area contributed by atoms with E-state index in [9.17, 15) is 9.18 Å². The van der Waals surface area contributed by atoms with Crippen molar-refractivity contribution < 1.29 is 27.8 Å². The fourth-order valence-electron chi connectivity index (χ4n) is 6.84. The summed E-state index contributed by atoms with van der Waals surface area (Å²) in [6.07, 6.45) is 11.9. The van der Waals surface area contributed by atoms with Crippen LogP contribution in [0, 0.1) is 29.4 Å². The highest BCUT2D eigenvalue weighted by Crippen LogP contribution is 2.47. The molecule has 1 amide bonds. The molecule has 2 aromatic heterocycles. The fourth-order valence-corrected chi connectivity index (χ4v) is 6.84. The van der Waals surface area contributed by atoms with Gasteiger partial charge in [-0.05, 0) is 43.4 Å². The molecule has 252 valence electrons. The van der Waals surface area contributed by atoms with E-state index in [0.717, 1.165) is 38.0 Å². The second-order valence-electron chi connectivity index (χ2n) is 12.9. The van der Waals surface area contributed by atoms with Crippen LogP contribution in [0.5, 0.6) is 6.01 Å². The summed E-state index contributed by atoms with van der Waals surface area (Å²) in [6, 6.07) is 2.73. The van der Waals surface area contributed by atoms with E-state index in [1.807, 2.05) is 4.90 Å². The van der Waals surface area contributed by atoms with Gasteiger partial charge in [-0.1, -0.05) is 18.6 Å². The van der Waals surface area contributed by atoms with Crippen LogP contribution >= 0.6 is 0 Å². The van der Waals surface area contributed by atoms with Crippen LogP contribution < -0.4 is 19.9 Å². The quantitative estimate of drug-likeness (QED) is 0.272. The lowest BCUT2D eigenvalue weighted by Crippen LogP contribution is -2.44. The number of carbonyl (C=O) groups excluding carboxylic acids is 1. The molecule has 1 aliphatic carbocycles. The van der Waals surface area contributed by atoms with E-state index < -0.39 is 11.6 Å². The lowest BCUT2D eigenvalue weighted by Gasteiger charge is -2.32. The van der Waals surface area contributed by atoms with E-state index in [4.69, 9.17) is 25.6 Å². The molecule has 3 aliphatic heterocycles. The Bertz CT molecular complexity index is 1760. The number of morpholine rings is 1. The molecule has 1 aromatic carbocycles. The Kier molecular flexibility index (Phi) is 9.13. The summed E-state index contributed by atoms with van der Waals surface area (Å²) < 4.78 is 49.3. The molecule has 2 saturated heterocycles. The minimum atomic E-state index is -0.682. The summed E-state index contributed by atoms with van der Waals surface area (Å²) in [6.45, 7) is 9.86. The second kappa shape index (κ2) is 13.6. The maximum Gasteiger partial charge on any atom is 0.319 e. The van der Waals surface area contributed by atoms with Gasteiger partial charge in [-0.15, -0.1) is 6.42 Å². The first-order valence-electron chi connectivity index (χ1n) is 16.5. The summed E-state index contributed by atoms with van der Waals surface area (Å²) in [4.78, 5) is 32.1. The topological polar surface area (TPSA) is 105 Å². The zero-order valence-corrected chi connectivity index (χ0v) is 26.9. The van der Waals surface area contributed by atoms with Crippen LogP contribution in [-0.2, 0) is 20.7 Å². The molecule has 7 rings (SSSR count). The number of aryl methyl sites for hydroxylation is 1. The van der Waals surface area contributed by atoms with Crippen molar-refractivity contribution in [2.24, 2.45) is 5.41 Å². The molecule has 4 aliphatic rings. The van der Waals surface area contributed by atoms with Crippen molar-refractivity contribution in [3.05, 3.63) is 53.7 Å². The number of fused-ring (bicyclic) bond motifs is 2. The van der Waals surface area contributed by atoms with Crippen LogP contribution in [0.25, 0.3) is 10.9 Å². The molecule has 1 saturated carbocycles. The van der Waals surface area contributed by atoms with Gasteiger partial charge in [0.2, 0.25) is 5.91 Å². The van der Waals surface area contributed by atoms with Crippen LogP contribution in [0.1, 0.15) is 30.4 Å². The molecule has 3 fully saturated rings. The van der Waals surface area contributed by atoms with Crippen molar-refractivity contribution in [3.63, 3.8) is 0 Å². The number of hydrogen-bond acceptors (Lipinski definition) is 10. The summed E-state index contributed by atoms with van der Waals surface area (Å²) in [7, 11) is 0. The number of halogens is 2. The number of ether oxygens (including phenoxy) is 3. The Morgan fingerprint density at radius 1 is 1.15 bits per heavy atom. The summed E-state index contributed by atoms with van der Waals surface area (Å²) in [5, 5.41) is 3.27. The van der Waals surface area contributed by atoms with Crippen LogP contribution in [0.2, 0.25) is 0 Å². The van der Waals surface area contributed by atoms with Gasteiger partial charge in [0, 0.05) is 50.9 Å². The van der Waals surface area contributed by atoms with E-state index in [2.05, 4.69) is 32.7 Å². The smallest absolute Gasteiger partial charge is 0.319 e. The largest absolute Gasteiger partial charge is 0.463 e. The highest BCUT2D eigenvalue weighted by molar-refractivity contribution is 5.92. The summed E-state index contributed by atoms with van der Waals surface area (Å²) >= 11 is 0. The van der Waals surface area contributed by atoms with Gasteiger partial charge in [-0.3, -0.25) is 9.69 Å². The van der Waals surface area contributed by atoms with Gasteiger partial charge in [0.25, 0.3) is 0 Å². The molecule has 0 radical (unpaired) electrons. The molecule has 3 aromatic rings. The molecule has 13 heteroatoms. The van der Waals surface area contributed by atoms with Gasteiger partial charge in [0.15, 0.2) is 11.6 Å². The number of aromatic nitrogens is 3. The van der Waals surface area contributed by atoms with Crippen LogP contribution in [-0.4, -0.2) is 104 Å². The number of hydrogen-bond donors (Lipinski definition) is 1. The van der Waals surface area contributed by atoms with Crippen molar-refractivity contribution in [1.82, 2.24) is 25.2 Å². The molecule has 1 N–H and O–H groups in total. The monoisotopic (exact) mass is 659 g/mol. The van der Waals surface area contributed by atoms with Gasteiger partial charge < -0.3 is 29.3 Å². The van der Waals surface area contributed by atoms with Gasteiger partial charge >= 0.3 is 6.01 Å². The summed E-state index contributed by atoms with van der Waals surface area (Å²) in [5.41, 5.74) is 1.36. The Balaban J connectivity index is 1.27. The van der Waals surface area contributed by atoms with E-state index in [-0.39, 0.29) is 40.3 Å². The molecule has 11 nitrogen and oxygen atoms in total. The number of pyridine rings is 1. The first kappa shape index (κ1) is 32.2. The van der Waals surface area contributed by atoms with Crippen molar-refractivity contribution in [2.45, 2.75) is 31.7 Å². The van der Waals surface area contributed by atoms with Gasteiger partial charge in [-0.25, -0.2) is 13.8 Å². The van der Waals surface area contributed by atoms with Gasteiger partial charge in [0.1, 0.15) is 17.2 Å². The van der Waals surface area contributed by atoms with Gasteiger partial charge in [0.05, 0.1) is 55.7 Å². The Morgan fingerprint density at radius 3 is 2.73 bits per heavy atom. The predicted octanol–water partition coefficient (Wildman–Crippen LogP) is 3.37. The molecule has 5 heterocycles. The Labute approximate surface area is 278 Å². The third-order valence-electron chi connectivity index (χ3n) is 9.56.